The van der Waals surface area contributed by atoms with Crippen molar-refractivity contribution in [2.24, 2.45) is 11.7 Å². The van der Waals surface area contributed by atoms with Gasteiger partial charge in [0, 0.05) is 35.2 Å². The lowest BCUT2D eigenvalue weighted by molar-refractivity contribution is -0.140. The van der Waals surface area contributed by atoms with Gasteiger partial charge in [-0.1, -0.05) is 37.5 Å². The van der Waals surface area contributed by atoms with E-state index in [0.717, 1.165) is 53.0 Å². The molecule has 4 N–H and O–H groups in total. The Morgan fingerprint density at radius 3 is 2.63 bits per heavy atom. The quantitative estimate of drug-likeness (QED) is 0.263. The van der Waals surface area contributed by atoms with E-state index in [9.17, 15) is 22.8 Å². The number of rotatable bonds is 8. The van der Waals surface area contributed by atoms with Crippen LogP contribution in [0.2, 0.25) is 0 Å². The molecule has 1 aromatic carbocycles. The Labute approximate surface area is 320 Å². The fourth-order valence-electron chi connectivity index (χ4n) is 8.14. The second kappa shape index (κ2) is 14.0. The van der Waals surface area contributed by atoms with E-state index in [0.29, 0.717) is 31.2 Å². The average Bonchev–Trinajstić information content (AvgIpc) is 3.79. The summed E-state index contributed by atoms with van der Waals surface area (Å²) in [5.74, 6) is -1.49. The minimum absolute atomic E-state index is 0.0142. The molecule has 1 saturated heterocycles. The van der Waals surface area contributed by atoms with Crippen molar-refractivity contribution >= 4 is 50.1 Å². The van der Waals surface area contributed by atoms with Crippen molar-refractivity contribution in [2.45, 2.75) is 138 Å². The highest BCUT2D eigenvalue weighted by atomic mass is 32.2. The Kier molecular flexibility index (Phi) is 9.65. The lowest BCUT2D eigenvalue weighted by atomic mass is 9.83. The molecule has 3 aliphatic carbocycles. The van der Waals surface area contributed by atoms with Gasteiger partial charge in [-0.05, 0) is 84.3 Å². The van der Waals surface area contributed by atoms with Gasteiger partial charge in [0.2, 0.25) is 21.8 Å². The Bertz CT molecular complexity index is 2100. The molecule has 0 bridgehead atoms. The third-order valence-corrected chi connectivity index (χ3v) is 15.3. The van der Waals surface area contributed by atoms with Gasteiger partial charge in [0.15, 0.2) is 0 Å². The zero-order chi connectivity index (χ0) is 38.0. The fraction of sp³-hybridized carbons (Fsp3) is 0.615. The van der Waals surface area contributed by atoms with Crippen LogP contribution in [0.25, 0.3) is 21.6 Å². The van der Waals surface area contributed by atoms with Gasteiger partial charge in [0.25, 0.3) is 11.9 Å². The Hall–Kier alpha value is -3.82. The number of ether oxygens (including phenoxy) is 1. The van der Waals surface area contributed by atoms with E-state index in [1.54, 1.807) is 18.3 Å². The van der Waals surface area contributed by atoms with Gasteiger partial charge < -0.3 is 20.7 Å². The lowest BCUT2D eigenvalue weighted by Gasteiger charge is -2.28. The second-order valence-corrected chi connectivity index (χ2v) is 19.6. The maximum atomic E-state index is 14.3. The van der Waals surface area contributed by atoms with Gasteiger partial charge in [-0.3, -0.25) is 23.7 Å². The zero-order valence-electron chi connectivity index (χ0n) is 31.3. The molecule has 2 aromatic heterocycles. The monoisotopic (exact) mass is 777 g/mol. The second-order valence-electron chi connectivity index (χ2n) is 16.5. The molecule has 2 aliphatic heterocycles. The van der Waals surface area contributed by atoms with E-state index in [-0.39, 0.29) is 37.3 Å². The van der Waals surface area contributed by atoms with Gasteiger partial charge in [-0.15, -0.1) is 11.3 Å². The van der Waals surface area contributed by atoms with E-state index in [2.05, 4.69) is 29.3 Å². The minimum atomic E-state index is -3.94. The Morgan fingerprint density at radius 1 is 1.11 bits per heavy atom. The molecule has 4 fully saturated rings. The number of para-hydroxylation sites is 1. The van der Waals surface area contributed by atoms with Crippen molar-refractivity contribution in [3.8, 4) is 16.6 Å². The van der Waals surface area contributed by atoms with Crippen LogP contribution in [0.5, 0.6) is 6.01 Å². The maximum Gasteiger partial charge on any atom is 0.297 e. The molecular formula is C39H51N7O6S2. The largest absolute Gasteiger partial charge is 0.459 e. The predicted molar refractivity (Wildman–Crippen MR) is 206 cm³/mol. The Morgan fingerprint density at radius 2 is 1.91 bits per heavy atom. The van der Waals surface area contributed by atoms with Crippen molar-refractivity contribution < 1.29 is 27.5 Å². The molecule has 290 valence electrons. The first-order chi connectivity index (χ1) is 25.8. The average molecular weight is 778 g/mol. The number of imidazole rings is 1. The summed E-state index contributed by atoms with van der Waals surface area (Å²) in [6.07, 6.45) is 12.0. The minimum Gasteiger partial charge on any atom is -0.459 e. The number of thiazole rings is 1. The first-order valence-electron chi connectivity index (χ1n) is 19.6. The number of benzene rings is 1. The highest BCUT2D eigenvalue weighted by Gasteiger charge is 2.63. The molecule has 8 rings (SSSR count). The zero-order valence-corrected chi connectivity index (χ0v) is 32.9. The highest BCUT2D eigenvalue weighted by molar-refractivity contribution is 7.91. The molecule has 54 heavy (non-hydrogen) atoms. The van der Waals surface area contributed by atoms with E-state index >= 15 is 0 Å². The molecule has 5 atom stereocenters. The molecule has 5 unspecified atom stereocenters. The van der Waals surface area contributed by atoms with Crippen molar-refractivity contribution in [1.29, 1.82) is 0 Å². The number of aromatic nitrogens is 3. The molecule has 15 heteroatoms. The van der Waals surface area contributed by atoms with Gasteiger partial charge in [0.05, 0.1) is 28.5 Å². The predicted octanol–water partition coefficient (Wildman–Crippen LogP) is 5.08. The van der Waals surface area contributed by atoms with E-state index in [1.807, 2.05) is 34.9 Å². The maximum absolute atomic E-state index is 14.3. The first kappa shape index (κ1) is 37.1. The van der Waals surface area contributed by atoms with Crippen LogP contribution >= 0.6 is 11.3 Å². The summed E-state index contributed by atoms with van der Waals surface area (Å²) >= 11 is 1.62. The topological polar surface area (TPSA) is 179 Å². The van der Waals surface area contributed by atoms with Crippen molar-refractivity contribution in [1.82, 2.24) is 29.5 Å². The summed E-state index contributed by atoms with van der Waals surface area (Å²) in [6.45, 7) is 5.83. The molecule has 5 aliphatic rings. The van der Waals surface area contributed by atoms with Crippen molar-refractivity contribution in [3.05, 3.63) is 41.4 Å². The van der Waals surface area contributed by atoms with E-state index in [4.69, 9.17) is 20.4 Å². The lowest BCUT2D eigenvalue weighted by Crippen LogP contribution is -2.58. The van der Waals surface area contributed by atoms with Crippen molar-refractivity contribution in [3.63, 3.8) is 0 Å². The van der Waals surface area contributed by atoms with Gasteiger partial charge in [-0.25, -0.2) is 13.4 Å². The smallest absolute Gasteiger partial charge is 0.297 e. The van der Waals surface area contributed by atoms with Gasteiger partial charge in [-0.2, -0.15) is 4.98 Å². The van der Waals surface area contributed by atoms with Crippen molar-refractivity contribution in [2.75, 3.05) is 6.54 Å². The van der Waals surface area contributed by atoms with Gasteiger partial charge >= 0.3 is 0 Å². The van der Waals surface area contributed by atoms with Crippen LogP contribution in [-0.4, -0.2) is 80.6 Å². The summed E-state index contributed by atoms with van der Waals surface area (Å²) in [7, 11) is -3.94. The number of hydrogen-bond donors (Lipinski definition) is 3. The third kappa shape index (κ3) is 6.74. The number of nitrogens with two attached hydrogens (primary N) is 1. The summed E-state index contributed by atoms with van der Waals surface area (Å²) < 4.78 is 36.2. The molecule has 13 nitrogen and oxygen atoms in total. The number of carbonyl (C=O) groups is 3. The summed E-state index contributed by atoms with van der Waals surface area (Å²) in [6, 6.07) is 4.63. The molecule has 3 saturated carbocycles. The third-order valence-electron chi connectivity index (χ3n) is 12.3. The van der Waals surface area contributed by atoms with Crippen LogP contribution in [0.15, 0.2) is 35.7 Å². The number of carbonyl (C=O) groups excluding carboxylic acids is 3. The normalized spacial score (nSPS) is 28.8. The van der Waals surface area contributed by atoms with Crippen LogP contribution in [0.4, 0.5) is 0 Å². The molecule has 0 radical (unpaired) electrons. The summed E-state index contributed by atoms with van der Waals surface area (Å²) in [5, 5.41) is 6.00. The van der Waals surface area contributed by atoms with Gasteiger partial charge in [0.1, 0.15) is 28.2 Å². The number of fused-ring (bicyclic) bond motifs is 3. The molecule has 4 heterocycles. The number of allylic oxidation sites excluding steroid dienone is 1. The number of hydrogen-bond acceptors (Lipinski definition) is 10. The number of amides is 3. The molecule has 3 amide bonds. The van der Waals surface area contributed by atoms with Crippen LogP contribution in [0.3, 0.4) is 0 Å². The summed E-state index contributed by atoms with van der Waals surface area (Å²) in [5.41, 5.74) is 8.77. The fourth-order valence-corrected chi connectivity index (χ4v) is 10.4. The molecular weight excluding hydrogens is 727 g/mol. The number of nitrogens with one attached hydrogen (secondary N) is 2. The van der Waals surface area contributed by atoms with Crippen LogP contribution in [0.1, 0.15) is 115 Å². The van der Waals surface area contributed by atoms with Crippen LogP contribution < -0.4 is 20.5 Å². The Balaban J connectivity index is 1.08. The van der Waals surface area contributed by atoms with Crippen LogP contribution in [-0.2, 0) is 24.4 Å². The first-order valence-corrected chi connectivity index (χ1v) is 21.9. The SMILES string of the molecule is CC(C)n1c(OC2CC3C(=O)NC4(C(=O)NS(=O)(=O)C5(C)CC5)CC4C=CCCCCCC(N)C(=O)N3C2)nc2c(-c3nc(C4CCC4)cs3)cccc21. The molecule has 0 spiro atoms. The highest BCUT2D eigenvalue weighted by Crippen LogP contribution is 2.48. The molecule has 3 aromatic rings. The van der Waals surface area contributed by atoms with E-state index < -0.39 is 50.3 Å². The van der Waals surface area contributed by atoms with E-state index in [1.165, 1.54) is 24.2 Å². The number of sulfonamides is 1. The van der Waals surface area contributed by atoms with Crippen LogP contribution in [0, 0.1) is 5.92 Å². The standard InChI is InChI=1S/C39H51N7O6S2/c1-23(2)46-30-16-10-14-27(34-41-29(22-53-34)24-11-9-12-24)32(30)42-37(46)52-26-19-31-33(47)43-39(36(49)44-54(50,51)38(3)17-18-38)20-25(39)13-7-5-4-6-8-15-28(40)35(48)45(31)21-26/h7,10,13-14,16,22-26,28,31H,4-6,8-9,11-12,15,17-21,40H2,1-3H3,(H,43,47)(H,44,49). The number of nitrogens with zero attached hydrogens (tertiary/aromatic N) is 4. The summed E-state index contributed by atoms with van der Waals surface area (Å²) in [4.78, 5) is 53.6.